The first-order valence-corrected chi connectivity index (χ1v) is 15.2. The lowest BCUT2D eigenvalue weighted by Crippen LogP contribution is -2.23. The average Bonchev–Trinajstić information content (AvgIpc) is 2.85. The summed E-state index contributed by atoms with van der Waals surface area (Å²) in [5, 5.41) is 0. The lowest BCUT2D eigenvalue weighted by Gasteiger charge is -2.19. The summed E-state index contributed by atoms with van der Waals surface area (Å²) in [5.41, 5.74) is 0. The van der Waals surface area contributed by atoms with E-state index >= 15 is 0 Å². The van der Waals surface area contributed by atoms with E-state index in [-0.39, 0.29) is 18.0 Å². The van der Waals surface area contributed by atoms with Gasteiger partial charge in [0, 0.05) is 12.8 Å². The molecule has 0 aromatic heterocycles. The van der Waals surface area contributed by atoms with Crippen molar-refractivity contribution in [3.05, 3.63) is 12.2 Å². The Morgan fingerprint density at radius 3 is 1.75 bits per heavy atom. The van der Waals surface area contributed by atoms with Crippen LogP contribution < -0.4 is 0 Å². The molecule has 212 valence electrons. The van der Waals surface area contributed by atoms with Crippen molar-refractivity contribution in [2.75, 3.05) is 26.7 Å². The van der Waals surface area contributed by atoms with Crippen LogP contribution in [0, 0.1) is 0 Å². The first-order chi connectivity index (χ1) is 17.5. The molecule has 0 saturated heterocycles. The molecule has 0 aromatic carbocycles. The molecular weight excluding hydrogens is 450 g/mol. The zero-order valence-electron chi connectivity index (χ0n) is 24.4. The number of allylic oxidation sites excluding steroid dienone is 1. The summed E-state index contributed by atoms with van der Waals surface area (Å²) < 4.78 is 11.1. The Morgan fingerprint density at radius 2 is 1.19 bits per heavy atom. The second kappa shape index (κ2) is 26.7. The molecule has 0 N–H and O–H groups in total. The fourth-order valence-corrected chi connectivity index (χ4v) is 4.29. The number of carbonyl (C=O) groups excluding carboxylic acids is 2. The van der Waals surface area contributed by atoms with E-state index in [1.165, 1.54) is 64.2 Å². The van der Waals surface area contributed by atoms with Crippen LogP contribution in [0.4, 0.5) is 0 Å². The van der Waals surface area contributed by atoms with Gasteiger partial charge in [-0.2, -0.15) is 0 Å². The largest absolute Gasteiger partial charge is 0.462 e. The number of unbranched alkanes of at least 4 members (excludes halogenated alkanes) is 10. The van der Waals surface area contributed by atoms with Gasteiger partial charge in [0.25, 0.3) is 0 Å². The van der Waals surface area contributed by atoms with Crippen molar-refractivity contribution in [1.82, 2.24) is 4.90 Å². The van der Waals surface area contributed by atoms with E-state index in [1.54, 1.807) is 0 Å². The minimum Gasteiger partial charge on any atom is -0.462 e. The predicted octanol–water partition coefficient (Wildman–Crippen LogP) is 8.40. The molecule has 0 aliphatic heterocycles. The molecule has 0 fully saturated rings. The van der Waals surface area contributed by atoms with E-state index in [0.717, 1.165) is 58.0 Å². The number of hydrogen-bond acceptors (Lipinski definition) is 5. The van der Waals surface area contributed by atoms with E-state index in [9.17, 15) is 9.59 Å². The van der Waals surface area contributed by atoms with Crippen LogP contribution in [-0.4, -0.2) is 49.7 Å². The van der Waals surface area contributed by atoms with Gasteiger partial charge in [0.15, 0.2) is 0 Å². The van der Waals surface area contributed by atoms with Gasteiger partial charge in [0.2, 0.25) is 0 Å². The number of carbonyl (C=O) groups is 2. The highest BCUT2D eigenvalue weighted by molar-refractivity contribution is 5.69. The second-order valence-corrected chi connectivity index (χ2v) is 10.3. The molecule has 0 saturated carbocycles. The quantitative estimate of drug-likeness (QED) is 0.0665. The molecular formula is C31H59NO4. The van der Waals surface area contributed by atoms with Crippen molar-refractivity contribution < 1.29 is 19.1 Å². The predicted molar refractivity (Wildman–Crippen MR) is 152 cm³/mol. The fraction of sp³-hybridized carbons (Fsp3) is 0.871. The normalized spacial score (nSPS) is 11.6. The van der Waals surface area contributed by atoms with Gasteiger partial charge < -0.3 is 14.4 Å². The summed E-state index contributed by atoms with van der Waals surface area (Å²) in [4.78, 5) is 26.5. The zero-order chi connectivity index (χ0) is 26.7. The topological polar surface area (TPSA) is 55.8 Å². The highest BCUT2D eigenvalue weighted by Gasteiger charge is 2.14. The monoisotopic (exact) mass is 509 g/mol. The molecule has 0 aliphatic rings. The molecule has 0 radical (unpaired) electrons. The Kier molecular flexibility index (Phi) is 25.7. The van der Waals surface area contributed by atoms with Crippen LogP contribution in [-0.2, 0) is 19.1 Å². The van der Waals surface area contributed by atoms with Gasteiger partial charge in [-0.15, -0.1) is 0 Å². The van der Waals surface area contributed by atoms with Crippen LogP contribution in [0.3, 0.4) is 0 Å². The third-order valence-corrected chi connectivity index (χ3v) is 6.63. The van der Waals surface area contributed by atoms with Crippen LogP contribution in [0.5, 0.6) is 0 Å². The molecule has 36 heavy (non-hydrogen) atoms. The first kappa shape index (κ1) is 34.6. The lowest BCUT2D eigenvalue weighted by molar-refractivity contribution is -0.150. The Labute approximate surface area is 223 Å². The molecule has 0 aliphatic carbocycles. The van der Waals surface area contributed by atoms with E-state index < -0.39 is 0 Å². The molecule has 0 aromatic rings. The maximum absolute atomic E-state index is 12.4. The highest BCUT2D eigenvalue weighted by Crippen LogP contribution is 2.16. The fourth-order valence-electron chi connectivity index (χ4n) is 4.29. The minimum atomic E-state index is -0.133. The van der Waals surface area contributed by atoms with Crippen molar-refractivity contribution in [2.24, 2.45) is 0 Å². The molecule has 0 bridgehead atoms. The number of hydrogen-bond donors (Lipinski definition) is 0. The van der Waals surface area contributed by atoms with Gasteiger partial charge >= 0.3 is 11.9 Å². The van der Waals surface area contributed by atoms with Crippen molar-refractivity contribution in [3.8, 4) is 0 Å². The van der Waals surface area contributed by atoms with Gasteiger partial charge in [-0.3, -0.25) is 9.59 Å². The Balaban J connectivity index is 3.93. The maximum atomic E-state index is 12.4. The van der Waals surface area contributed by atoms with E-state index in [0.29, 0.717) is 19.4 Å². The van der Waals surface area contributed by atoms with Crippen LogP contribution in [0.25, 0.3) is 0 Å². The van der Waals surface area contributed by atoms with Gasteiger partial charge in [-0.25, -0.2) is 0 Å². The summed E-state index contributed by atoms with van der Waals surface area (Å²) in [6.07, 6.45) is 24.5. The summed E-state index contributed by atoms with van der Waals surface area (Å²) in [5.74, 6) is -0.187. The highest BCUT2D eigenvalue weighted by atomic mass is 16.5. The third-order valence-electron chi connectivity index (χ3n) is 6.63. The molecule has 0 amide bonds. The zero-order valence-corrected chi connectivity index (χ0v) is 24.4. The Hall–Kier alpha value is -1.36. The third kappa shape index (κ3) is 24.3. The summed E-state index contributed by atoms with van der Waals surface area (Å²) in [6.45, 7) is 8.70. The molecule has 5 heteroatoms. The molecule has 5 nitrogen and oxygen atoms in total. The van der Waals surface area contributed by atoms with Crippen molar-refractivity contribution in [2.45, 2.75) is 149 Å². The van der Waals surface area contributed by atoms with Crippen molar-refractivity contribution >= 4 is 11.9 Å². The number of ether oxygens (including phenoxy) is 2. The Bertz CT molecular complexity index is 523. The number of esters is 2. The molecule has 0 atom stereocenters. The molecule has 0 unspecified atom stereocenters. The number of nitrogens with zero attached hydrogens (tertiary/aromatic N) is 1. The van der Waals surface area contributed by atoms with Crippen molar-refractivity contribution in [3.63, 3.8) is 0 Å². The van der Waals surface area contributed by atoms with Crippen LogP contribution in [0.15, 0.2) is 12.2 Å². The minimum absolute atomic E-state index is 0.0543. The van der Waals surface area contributed by atoms with E-state index in [2.05, 4.69) is 31.7 Å². The molecule has 0 rings (SSSR count). The van der Waals surface area contributed by atoms with Gasteiger partial charge in [0.05, 0.1) is 0 Å². The van der Waals surface area contributed by atoms with Crippen LogP contribution in [0.2, 0.25) is 0 Å². The second-order valence-electron chi connectivity index (χ2n) is 10.3. The smallest absolute Gasteiger partial charge is 0.306 e. The average molecular weight is 510 g/mol. The Morgan fingerprint density at radius 1 is 0.667 bits per heavy atom. The molecule has 0 heterocycles. The van der Waals surface area contributed by atoms with E-state index in [4.69, 9.17) is 9.47 Å². The summed E-state index contributed by atoms with van der Waals surface area (Å²) >= 11 is 0. The van der Waals surface area contributed by atoms with Gasteiger partial charge in [-0.1, -0.05) is 90.7 Å². The standard InChI is InChI=1S/C31H59NO4/c1-5-8-11-14-15-16-19-28-35-30(33)24-20-26-32(4)27-21-25-31(34)36-29(22-17-12-9-6-2)23-18-13-10-7-3/h16,19,29H,5-15,17-18,20-28H2,1-4H3/b19-16-. The number of rotatable bonds is 26. The van der Waals surface area contributed by atoms with Crippen molar-refractivity contribution in [1.29, 1.82) is 0 Å². The lowest BCUT2D eigenvalue weighted by atomic mass is 10.0. The maximum Gasteiger partial charge on any atom is 0.306 e. The molecule has 0 spiro atoms. The van der Waals surface area contributed by atoms with E-state index in [1.807, 2.05) is 13.1 Å². The van der Waals surface area contributed by atoms with Crippen LogP contribution >= 0.6 is 0 Å². The SMILES string of the molecule is CCCCCC/C=C\COC(=O)CCCN(C)CCCC(=O)OC(CCCCCC)CCCCCC. The van der Waals surface area contributed by atoms with Crippen LogP contribution in [0.1, 0.15) is 143 Å². The van der Waals surface area contributed by atoms with Gasteiger partial charge in [0.1, 0.15) is 12.7 Å². The summed E-state index contributed by atoms with van der Waals surface area (Å²) in [7, 11) is 2.04. The first-order valence-electron chi connectivity index (χ1n) is 15.2. The summed E-state index contributed by atoms with van der Waals surface area (Å²) in [6, 6.07) is 0. The van der Waals surface area contributed by atoms with Gasteiger partial charge in [-0.05, 0) is 71.5 Å².